The number of carbonyl (C=O) groups is 1. The number of halogens is 3. The number of thioether (sulfide) groups is 1. The van der Waals surface area contributed by atoms with E-state index in [1.54, 1.807) is 6.07 Å². The summed E-state index contributed by atoms with van der Waals surface area (Å²) in [5.74, 6) is -1.13. The number of benzene rings is 1. The molecule has 12 heteroatoms. The molecule has 5 rings (SSSR count). The monoisotopic (exact) mass is 499 g/mol. The van der Waals surface area contributed by atoms with Crippen LogP contribution in [-0.2, 0) is 16.8 Å². The van der Waals surface area contributed by atoms with Gasteiger partial charge in [0.15, 0.2) is 11.0 Å². The Morgan fingerprint density at radius 1 is 1.11 bits per heavy atom. The SMILES string of the molecule is NC1=NC2(c3cc(NC(=O)Cc4ccc(F)cn4)ccc3F)CN(c3ncc(F)cn3)CC2CS1. The first-order valence-electron chi connectivity index (χ1n) is 10.7. The number of nitrogens with zero attached hydrogens (tertiary/aromatic N) is 5. The summed E-state index contributed by atoms with van der Waals surface area (Å²) >= 11 is 1.38. The lowest BCUT2D eigenvalue weighted by Gasteiger charge is -2.35. The first kappa shape index (κ1) is 23.1. The molecule has 3 aromatic rings. The number of hydrogen-bond acceptors (Lipinski definition) is 8. The zero-order valence-electron chi connectivity index (χ0n) is 18.3. The van der Waals surface area contributed by atoms with E-state index < -0.39 is 23.0 Å². The van der Waals surface area contributed by atoms with Gasteiger partial charge in [0.2, 0.25) is 11.9 Å². The van der Waals surface area contributed by atoms with Crippen LogP contribution in [0.15, 0.2) is 53.9 Å². The van der Waals surface area contributed by atoms with Gasteiger partial charge >= 0.3 is 0 Å². The number of aromatic nitrogens is 3. The van der Waals surface area contributed by atoms with Gasteiger partial charge in [0.25, 0.3) is 0 Å². The van der Waals surface area contributed by atoms with E-state index in [1.807, 2.05) is 4.90 Å². The fraction of sp³-hybridized carbons (Fsp3) is 0.261. The van der Waals surface area contributed by atoms with Crippen LogP contribution in [0, 0.1) is 23.4 Å². The summed E-state index contributed by atoms with van der Waals surface area (Å²) in [7, 11) is 0. The molecule has 2 aromatic heterocycles. The molecule has 0 saturated carbocycles. The largest absolute Gasteiger partial charge is 0.379 e. The van der Waals surface area contributed by atoms with Gasteiger partial charge in [-0.05, 0) is 30.3 Å². The van der Waals surface area contributed by atoms with Crippen LogP contribution in [0.5, 0.6) is 0 Å². The third-order valence-electron chi connectivity index (χ3n) is 6.03. The van der Waals surface area contributed by atoms with Crippen LogP contribution in [0.3, 0.4) is 0 Å². The number of amidine groups is 1. The lowest BCUT2D eigenvalue weighted by molar-refractivity contribution is -0.115. The number of nitrogens with one attached hydrogen (secondary N) is 1. The van der Waals surface area contributed by atoms with Crippen molar-refractivity contribution in [2.45, 2.75) is 12.0 Å². The maximum Gasteiger partial charge on any atom is 0.230 e. The van der Waals surface area contributed by atoms with Gasteiger partial charge in [-0.1, -0.05) is 11.8 Å². The number of amides is 1. The lowest BCUT2D eigenvalue weighted by atomic mass is 9.81. The summed E-state index contributed by atoms with van der Waals surface area (Å²) in [6.07, 6.45) is 3.13. The highest BCUT2D eigenvalue weighted by Crippen LogP contribution is 2.47. The van der Waals surface area contributed by atoms with Crippen molar-refractivity contribution in [1.82, 2.24) is 15.0 Å². The molecule has 0 aliphatic carbocycles. The molecule has 1 amide bonds. The highest BCUT2D eigenvalue weighted by molar-refractivity contribution is 8.13. The van der Waals surface area contributed by atoms with Crippen molar-refractivity contribution >= 4 is 34.5 Å². The molecule has 2 atom stereocenters. The fourth-order valence-corrected chi connectivity index (χ4v) is 5.42. The number of carbonyl (C=O) groups excluding carboxylic acids is 1. The molecule has 8 nitrogen and oxygen atoms in total. The van der Waals surface area contributed by atoms with E-state index in [9.17, 15) is 13.6 Å². The van der Waals surface area contributed by atoms with Gasteiger partial charge < -0.3 is 16.0 Å². The maximum atomic E-state index is 15.2. The zero-order chi connectivity index (χ0) is 24.6. The summed E-state index contributed by atoms with van der Waals surface area (Å²) < 4.78 is 41.6. The minimum Gasteiger partial charge on any atom is -0.379 e. The smallest absolute Gasteiger partial charge is 0.230 e. The summed E-state index contributed by atoms with van der Waals surface area (Å²) in [4.78, 5) is 31.1. The molecule has 2 aliphatic rings. The molecule has 0 spiro atoms. The molecule has 1 fully saturated rings. The average Bonchev–Trinajstić information content (AvgIpc) is 3.22. The van der Waals surface area contributed by atoms with Gasteiger partial charge in [-0.25, -0.2) is 28.1 Å². The first-order valence-corrected chi connectivity index (χ1v) is 11.7. The third-order valence-corrected chi connectivity index (χ3v) is 6.98. The standard InChI is InChI=1S/C23H20F3N7OS/c24-14-1-2-16(28-7-14)6-20(34)31-17-3-4-19(26)18(5-17)23-12-33(22-29-8-15(25)9-30-22)10-13(23)11-35-21(27)32-23/h1-5,7-9,13H,6,10-12H2,(H2,27,32)(H,31,34). The molecule has 2 unspecified atom stereocenters. The molecular weight excluding hydrogens is 479 g/mol. The Bertz CT molecular complexity index is 1290. The number of rotatable bonds is 5. The highest BCUT2D eigenvalue weighted by atomic mass is 32.2. The summed E-state index contributed by atoms with van der Waals surface area (Å²) in [6.45, 7) is 0.708. The Hall–Kier alpha value is -3.67. The molecule has 3 N–H and O–H groups in total. The summed E-state index contributed by atoms with van der Waals surface area (Å²) in [5, 5.41) is 3.08. The predicted octanol–water partition coefficient (Wildman–Crippen LogP) is 2.86. The molecule has 0 radical (unpaired) electrons. The minimum atomic E-state index is -1.03. The topological polar surface area (TPSA) is 109 Å². The minimum absolute atomic E-state index is 0.0712. The van der Waals surface area contributed by atoms with Crippen LogP contribution in [-0.4, -0.2) is 44.9 Å². The van der Waals surface area contributed by atoms with E-state index in [4.69, 9.17) is 5.73 Å². The molecular formula is C23H20F3N7OS. The lowest BCUT2D eigenvalue weighted by Crippen LogP contribution is -2.40. The molecule has 35 heavy (non-hydrogen) atoms. The number of nitrogens with two attached hydrogens (primary N) is 1. The fourth-order valence-electron chi connectivity index (χ4n) is 4.44. The van der Waals surface area contributed by atoms with E-state index in [-0.39, 0.29) is 30.4 Å². The second kappa shape index (κ2) is 9.17. The second-order valence-electron chi connectivity index (χ2n) is 8.35. The van der Waals surface area contributed by atoms with Crippen LogP contribution in [0.2, 0.25) is 0 Å². The molecule has 180 valence electrons. The molecule has 1 aromatic carbocycles. The Kier molecular flexibility index (Phi) is 6.05. The zero-order valence-corrected chi connectivity index (χ0v) is 19.1. The highest BCUT2D eigenvalue weighted by Gasteiger charge is 2.52. The molecule has 1 saturated heterocycles. The van der Waals surface area contributed by atoms with Crippen molar-refractivity contribution in [2.24, 2.45) is 16.6 Å². The van der Waals surface area contributed by atoms with E-state index in [2.05, 4.69) is 25.3 Å². The van der Waals surface area contributed by atoms with Crippen molar-refractivity contribution < 1.29 is 18.0 Å². The Balaban J connectivity index is 1.44. The van der Waals surface area contributed by atoms with Crippen molar-refractivity contribution in [3.63, 3.8) is 0 Å². The summed E-state index contributed by atoms with van der Waals surface area (Å²) in [6, 6.07) is 6.94. The van der Waals surface area contributed by atoms with Crippen molar-refractivity contribution in [3.8, 4) is 0 Å². The van der Waals surface area contributed by atoms with Gasteiger partial charge in [-0.3, -0.25) is 9.78 Å². The van der Waals surface area contributed by atoms with Gasteiger partial charge in [-0.2, -0.15) is 0 Å². The second-order valence-corrected chi connectivity index (χ2v) is 9.39. The van der Waals surface area contributed by atoms with Crippen LogP contribution >= 0.6 is 11.8 Å². The summed E-state index contributed by atoms with van der Waals surface area (Å²) in [5.41, 5.74) is 6.10. The first-order chi connectivity index (χ1) is 16.8. The van der Waals surface area contributed by atoms with E-state index in [1.165, 1.54) is 36.0 Å². The normalized spacial score (nSPS) is 21.4. The van der Waals surface area contributed by atoms with Gasteiger partial charge in [0.05, 0.1) is 31.6 Å². The molecule has 2 aliphatic heterocycles. The van der Waals surface area contributed by atoms with Gasteiger partial charge in [0.1, 0.15) is 17.2 Å². The van der Waals surface area contributed by atoms with E-state index in [0.29, 0.717) is 34.8 Å². The van der Waals surface area contributed by atoms with Crippen LogP contribution < -0.4 is 16.0 Å². The Labute approximate surface area is 202 Å². The Morgan fingerprint density at radius 3 is 2.63 bits per heavy atom. The molecule has 0 bridgehead atoms. The number of fused-ring (bicyclic) bond motifs is 1. The third kappa shape index (κ3) is 4.65. The van der Waals surface area contributed by atoms with Crippen molar-refractivity contribution in [2.75, 3.05) is 29.1 Å². The maximum absolute atomic E-state index is 15.2. The van der Waals surface area contributed by atoms with E-state index in [0.717, 1.165) is 18.6 Å². The van der Waals surface area contributed by atoms with E-state index >= 15 is 4.39 Å². The average molecular weight is 500 g/mol. The number of hydrogen-bond donors (Lipinski definition) is 2. The van der Waals surface area contributed by atoms with Gasteiger partial charge in [0, 0.05) is 35.2 Å². The molecule has 4 heterocycles. The predicted molar refractivity (Wildman–Crippen MR) is 126 cm³/mol. The number of pyridine rings is 1. The van der Waals surface area contributed by atoms with Crippen LogP contribution in [0.25, 0.3) is 0 Å². The van der Waals surface area contributed by atoms with Crippen molar-refractivity contribution in [1.29, 1.82) is 0 Å². The Morgan fingerprint density at radius 2 is 1.89 bits per heavy atom. The van der Waals surface area contributed by atoms with Crippen molar-refractivity contribution in [3.05, 3.63) is 77.6 Å². The van der Waals surface area contributed by atoms with Crippen LogP contribution in [0.4, 0.5) is 24.8 Å². The number of anilines is 2. The van der Waals surface area contributed by atoms with Crippen LogP contribution in [0.1, 0.15) is 11.3 Å². The quantitative estimate of drug-likeness (QED) is 0.556. The number of aliphatic imine (C=N–C) groups is 1. The van der Waals surface area contributed by atoms with Gasteiger partial charge in [-0.15, -0.1) is 0 Å².